The minimum Gasteiger partial charge on any atom is -0.415 e. The van der Waals surface area contributed by atoms with Crippen molar-refractivity contribution in [2.24, 2.45) is 5.92 Å². The smallest absolute Gasteiger partial charge is 0.207 e. The van der Waals surface area contributed by atoms with E-state index in [1.807, 2.05) is 13.8 Å². The van der Waals surface area contributed by atoms with Gasteiger partial charge in [0.2, 0.25) is 6.29 Å². The van der Waals surface area contributed by atoms with E-state index in [1.54, 1.807) is 0 Å². The fourth-order valence-electron chi connectivity index (χ4n) is 0.588. The highest BCUT2D eigenvalue weighted by Crippen LogP contribution is 1.97. The molecule has 70 valence electrons. The van der Waals surface area contributed by atoms with E-state index in [0.717, 1.165) is 6.42 Å². The Hall–Kier alpha value is -0.680. The lowest BCUT2D eigenvalue weighted by molar-refractivity contribution is -0.0793. The summed E-state index contributed by atoms with van der Waals surface area (Å²) in [5.74, 6) is 3.37. The molecule has 0 bridgehead atoms. The lowest BCUT2D eigenvalue weighted by Gasteiger charge is -2.07. The molecule has 0 rings (SSSR count). The average molecular weight is 170 g/mol. The molecule has 0 aliphatic heterocycles. The second-order valence-electron chi connectivity index (χ2n) is 2.70. The first-order valence-corrected chi connectivity index (χ1v) is 4.48. The molecule has 0 saturated heterocycles. The fraction of sp³-hybridized carbons (Fsp3) is 0.800. The Labute approximate surface area is 75.3 Å². The molecular weight excluding hydrogens is 152 g/mol. The maximum absolute atomic E-state index is 5.13. The van der Waals surface area contributed by atoms with Gasteiger partial charge in [-0.15, -0.1) is 0 Å². The first-order chi connectivity index (χ1) is 5.70. The molecule has 2 atom stereocenters. The number of hydrogen-bond donors (Lipinski definition) is 0. The third-order valence-electron chi connectivity index (χ3n) is 1.54. The van der Waals surface area contributed by atoms with Crippen molar-refractivity contribution >= 4 is 0 Å². The zero-order valence-corrected chi connectivity index (χ0v) is 8.39. The molecule has 0 fully saturated rings. The summed E-state index contributed by atoms with van der Waals surface area (Å²) in [6, 6.07) is 0. The molecule has 0 saturated carbocycles. The summed E-state index contributed by atoms with van der Waals surface area (Å²) in [5.41, 5.74) is 0. The quantitative estimate of drug-likeness (QED) is 0.476. The Bertz CT molecular complexity index is 155. The Morgan fingerprint density at radius 1 is 1.25 bits per heavy atom. The van der Waals surface area contributed by atoms with E-state index in [1.165, 1.54) is 0 Å². The van der Waals surface area contributed by atoms with Crippen LogP contribution in [-0.4, -0.2) is 12.9 Å². The topological polar surface area (TPSA) is 18.5 Å². The molecular formula is C10H18O2. The van der Waals surface area contributed by atoms with Crippen molar-refractivity contribution in [1.82, 2.24) is 0 Å². The minimum atomic E-state index is -0.216. The molecule has 2 unspecified atom stereocenters. The van der Waals surface area contributed by atoms with Crippen molar-refractivity contribution < 1.29 is 9.47 Å². The molecule has 0 aliphatic rings. The van der Waals surface area contributed by atoms with Crippen LogP contribution in [0.4, 0.5) is 0 Å². The van der Waals surface area contributed by atoms with Crippen LogP contribution in [0.3, 0.4) is 0 Å². The molecule has 0 heterocycles. The zero-order valence-electron chi connectivity index (χ0n) is 8.39. The van der Waals surface area contributed by atoms with Gasteiger partial charge in [-0.2, -0.15) is 0 Å². The number of ether oxygens (including phenoxy) is 2. The van der Waals surface area contributed by atoms with E-state index in [9.17, 15) is 0 Å². The summed E-state index contributed by atoms with van der Waals surface area (Å²) in [4.78, 5) is 0. The van der Waals surface area contributed by atoms with Crippen molar-refractivity contribution in [1.29, 1.82) is 0 Å². The van der Waals surface area contributed by atoms with Gasteiger partial charge in [-0.1, -0.05) is 19.8 Å². The fourth-order valence-corrected chi connectivity index (χ4v) is 0.588. The maximum atomic E-state index is 5.13. The molecule has 0 radical (unpaired) electrons. The highest BCUT2D eigenvalue weighted by molar-refractivity contribution is 4.95. The minimum absolute atomic E-state index is 0.216. The van der Waals surface area contributed by atoms with E-state index in [4.69, 9.17) is 9.47 Å². The van der Waals surface area contributed by atoms with E-state index >= 15 is 0 Å². The SMILES string of the molecule is CCOC(C)OC#CC(C)CC. The average Bonchev–Trinajstić information content (AvgIpc) is 2.04. The van der Waals surface area contributed by atoms with E-state index in [-0.39, 0.29) is 6.29 Å². The lowest BCUT2D eigenvalue weighted by Crippen LogP contribution is -2.09. The summed E-state index contributed by atoms with van der Waals surface area (Å²) in [5, 5.41) is 0. The van der Waals surface area contributed by atoms with E-state index < -0.39 is 0 Å². The van der Waals surface area contributed by atoms with Gasteiger partial charge in [0.05, 0.1) is 0 Å². The lowest BCUT2D eigenvalue weighted by atomic mass is 10.1. The third-order valence-corrected chi connectivity index (χ3v) is 1.54. The van der Waals surface area contributed by atoms with Gasteiger partial charge in [-0.05, 0) is 20.3 Å². The molecule has 2 heteroatoms. The van der Waals surface area contributed by atoms with E-state index in [0.29, 0.717) is 12.5 Å². The van der Waals surface area contributed by atoms with Gasteiger partial charge in [0, 0.05) is 12.5 Å². The Morgan fingerprint density at radius 2 is 1.92 bits per heavy atom. The predicted molar refractivity (Wildman–Crippen MR) is 49.4 cm³/mol. The molecule has 12 heavy (non-hydrogen) atoms. The molecule has 0 aromatic carbocycles. The Balaban J connectivity index is 3.55. The summed E-state index contributed by atoms with van der Waals surface area (Å²) >= 11 is 0. The van der Waals surface area contributed by atoms with Crippen LogP contribution in [0.1, 0.15) is 34.1 Å². The third kappa shape index (κ3) is 6.06. The molecule has 0 N–H and O–H groups in total. The summed E-state index contributed by atoms with van der Waals surface area (Å²) in [6.07, 6.45) is 3.48. The van der Waals surface area contributed by atoms with Crippen LogP contribution in [0.2, 0.25) is 0 Å². The van der Waals surface area contributed by atoms with Crippen LogP contribution < -0.4 is 0 Å². The van der Waals surface area contributed by atoms with Crippen molar-refractivity contribution in [2.45, 2.75) is 40.4 Å². The number of hydrogen-bond acceptors (Lipinski definition) is 2. The highest BCUT2D eigenvalue weighted by Gasteiger charge is 1.96. The van der Waals surface area contributed by atoms with Crippen LogP contribution in [-0.2, 0) is 9.47 Å². The highest BCUT2D eigenvalue weighted by atomic mass is 16.7. The maximum Gasteiger partial charge on any atom is 0.207 e. The summed E-state index contributed by atoms with van der Waals surface area (Å²) in [6.45, 7) is 8.61. The zero-order chi connectivity index (χ0) is 9.40. The molecule has 2 nitrogen and oxygen atoms in total. The van der Waals surface area contributed by atoms with Crippen LogP contribution >= 0.6 is 0 Å². The first kappa shape index (κ1) is 11.3. The van der Waals surface area contributed by atoms with Gasteiger partial charge in [0.15, 0.2) is 0 Å². The largest absolute Gasteiger partial charge is 0.415 e. The van der Waals surface area contributed by atoms with Crippen molar-refractivity contribution in [3.63, 3.8) is 0 Å². The number of rotatable bonds is 4. The first-order valence-electron chi connectivity index (χ1n) is 4.48. The standard InChI is InChI=1S/C10H18O2/c1-5-9(3)7-8-12-10(4)11-6-2/h9-10H,5-6H2,1-4H3. The summed E-state index contributed by atoms with van der Waals surface area (Å²) < 4.78 is 10.2. The molecule has 0 amide bonds. The van der Waals surface area contributed by atoms with Gasteiger partial charge in [0.25, 0.3) is 0 Å². The normalized spacial score (nSPS) is 14.3. The van der Waals surface area contributed by atoms with E-state index in [2.05, 4.69) is 25.9 Å². The monoisotopic (exact) mass is 170 g/mol. The Kier molecular flexibility index (Phi) is 6.60. The van der Waals surface area contributed by atoms with Crippen molar-refractivity contribution in [2.75, 3.05) is 6.61 Å². The Morgan fingerprint density at radius 3 is 2.42 bits per heavy atom. The van der Waals surface area contributed by atoms with Gasteiger partial charge < -0.3 is 9.47 Å². The summed E-state index contributed by atoms with van der Waals surface area (Å²) in [7, 11) is 0. The predicted octanol–water partition coefficient (Wildman–Crippen LogP) is 2.39. The molecule has 0 aromatic heterocycles. The van der Waals surface area contributed by atoms with Crippen LogP contribution in [0, 0.1) is 17.9 Å². The molecule has 0 spiro atoms. The van der Waals surface area contributed by atoms with Crippen molar-refractivity contribution in [3.05, 3.63) is 0 Å². The van der Waals surface area contributed by atoms with Crippen LogP contribution in [0.15, 0.2) is 0 Å². The van der Waals surface area contributed by atoms with Crippen LogP contribution in [0.5, 0.6) is 0 Å². The van der Waals surface area contributed by atoms with Crippen molar-refractivity contribution in [3.8, 4) is 12.0 Å². The van der Waals surface area contributed by atoms with Gasteiger partial charge >= 0.3 is 0 Å². The van der Waals surface area contributed by atoms with Gasteiger partial charge in [-0.3, -0.25) is 0 Å². The van der Waals surface area contributed by atoms with Crippen LogP contribution in [0.25, 0.3) is 0 Å². The second-order valence-corrected chi connectivity index (χ2v) is 2.70. The molecule has 0 aromatic rings. The second kappa shape index (κ2) is 7.00. The molecule has 0 aliphatic carbocycles. The van der Waals surface area contributed by atoms with Gasteiger partial charge in [0.1, 0.15) is 6.11 Å². The van der Waals surface area contributed by atoms with Gasteiger partial charge in [-0.25, -0.2) is 0 Å².